The third kappa shape index (κ3) is 9.20. The smallest absolute Gasteiger partial charge is 0.251 e. The maximum absolute atomic E-state index is 12.3. The fourth-order valence-electron chi connectivity index (χ4n) is 1.76. The van der Waals surface area contributed by atoms with Crippen molar-refractivity contribution in [1.29, 1.82) is 0 Å². The van der Waals surface area contributed by atoms with E-state index in [2.05, 4.69) is 31.1 Å². The number of rotatable bonds is 8. The van der Waals surface area contributed by atoms with Gasteiger partial charge in [-0.15, -0.1) is 0 Å². The van der Waals surface area contributed by atoms with Gasteiger partial charge in [0.1, 0.15) is 6.61 Å². The second-order valence-electron chi connectivity index (χ2n) is 5.88. The van der Waals surface area contributed by atoms with Crippen molar-refractivity contribution in [3.05, 3.63) is 41.7 Å². The molecule has 0 aliphatic carbocycles. The van der Waals surface area contributed by atoms with Crippen molar-refractivity contribution >= 4 is 11.6 Å². The third-order valence-corrected chi connectivity index (χ3v) is 2.96. The highest BCUT2D eigenvalue weighted by molar-refractivity contribution is 5.96. The van der Waals surface area contributed by atoms with Gasteiger partial charge >= 0.3 is 0 Å². The van der Waals surface area contributed by atoms with Gasteiger partial charge in [0.25, 0.3) is 5.91 Å². The second kappa shape index (κ2) is 12.4. The molecule has 0 aliphatic rings. The van der Waals surface area contributed by atoms with E-state index in [-0.39, 0.29) is 5.91 Å². The van der Waals surface area contributed by atoms with Crippen LogP contribution in [0.5, 0.6) is 0 Å². The van der Waals surface area contributed by atoms with Gasteiger partial charge in [0, 0.05) is 37.0 Å². The minimum atomic E-state index is -0.0886. The highest BCUT2D eigenvalue weighted by Gasteiger charge is 2.12. The summed E-state index contributed by atoms with van der Waals surface area (Å²) in [6, 6.07) is 5.66. The molecular weight excluding hydrogens is 302 g/mol. The summed E-state index contributed by atoms with van der Waals surface area (Å²) < 4.78 is 5.43. The van der Waals surface area contributed by atoms with E-state index in [0.717, 1.165) is 17.8 Å². The molecule has 0 aliphatic heterocycles. The molecule has 0 aromatic heterocycles. The molecule has 0 unspecified atom stereocenters. The van der Waals surface area contributed by atoms with Crippen LogP contribution in [0.25, 0.3) is 0 Å². The van der Waals surface area contributed by atoms with E-state index in [1.807, 2.05) is 44.2 Å². The lowest BCUT2D eigenvalue weighted by molar-refractivity contribution is 0.0946. The van der Waals surface area contributed by atoms with Crippen LogP contribution in [0.2, 0.25) is 0 Å². The third-order valence-electron chi connectivity index (χ3n) is 2.96. The van der Waals surface area contributed by atoms with Gasteiger partial charge in [0.15, 0.2) is 0 Å². The lowest BCUT2D eigenvalue weighted by Crippen LogP contribution is -2.32. The zero-order valence-corrected chi connectivity index (χ0v) is 16.0. The number of nitrogens with one attached hydrogen (secondary N) is 2. The van der Waals surface area contributed by atoms with E-state index in [4.69, 9.17) is 4.74 Å². The molecule has 0 saturated heterocycles. The quantitative estimate of drug-likeness (QED) is 0.714. The summed E-state index contributed by atoms with van der Waals surface area (Å²) in [5.41, 5.74) is 2.37. The minimum Gasteiger partial charge on any atom is -0.494 e. The van der Waals surface area contributed by atoms with Crippen LogP contribution in [0.4, 0.5) is 5.69 Å². The Balaban J connectivity index is 0.00000163. The maximum Gasteiger partial charge on any atom is 0.251 e. The summed E-state index contributed by atoms with van der Waals surface area (Å²) >= 11 is 0. The number of anilines is 1. The first kappa shape index (κ1) is 22.0. The van der Waals surface area contributed by atoms with Crippen LogP contribution in [-0.2, 0) is 11.3 Å². The van der Waals surface area contributed by atoms with Crippen LogP contribution < -0.4 is 10.6 Å². The Morgan fingerprint density at radius 3 is 2.42 bits per heavy atom. The monoisotopic (exact) mass is 335 g/mol. The van der Waals surface area contributed by atoms with Crippen molar-refractivity contribution in [2.24, 2.45) is 0 Å². The van der Waals surface area contributed by atoms with E-state index in [9.17, 15) is 4.79 Å². The van der Waals surface area contributed by atoms with Gasteiger partial charge in [0.05, 0.1) is 5.76 Å². The first-order valence-electron chi connectivity index (χ1n) is 8.37. The molecule has 0 heterocycles. The van der Waals surface area contributed by atoms with Gasteiger partial charge in [-0.05, 0) is 33.2 Å². The molecule has 0 radical (unpaired) electrons. The molecule has 1 rings (SSSR count). The molecule has 0 atom stereocenters. The van der Waals surface area contributed by atoms with Crippen LogP contribution >= 0.6 is 0 Å². The zero-order chi connectivity index (χ0) is 18.5. The maximum atomic E-state index is 12.3. The fourth-order valence-corrected chi connectivity index (χ4v) is 1.76. The van der Waals surface area contributed by atoms with Crippen molar-refractivity contribution in [2.45, 2.75) is 33.8 Å². The average molecular weight is 335 g/mol. The number of hydrogen-bond acceptors (Lipinski definition) is 4. The predicted octanol–water partition coefficient (Wildman–Crippen LogP) is 3.49. The summed E-state index contributed by atoms with van der Waals surface area (Å²) in [6.07, 6.45) is 1.25. The van der Waals surface area contributed by atoms with E-state index < -0.39 is 0 Å². The number of carbonyl (C=O) groups is 1. The van der Waals surface area contributed by atoms with Crippen LogP contribution in [0.1, 0.15) is 43.1 Å². The Labute approximate surface area is 147 Å². The minimum absolute atomic E-state index is 0.0886. The summed E-state index contributed by atoms with van der Waals surface area (Å²) in [4.78, 5) is 14.3. The van der Waals surface area contributed by atoms with Gasteiger partial charge in [-0.25, -0.2) is 0 Å². The Kier molecular flexibility index (Phi) is 11.4. The van der Waals surface area contributed by atoms with Crippen molar-refractivity contribution < 1.29 is 9.53 Å². The van der Waals surface area contributed by atoms with Crippen molar-refractivity contribution in [3.8, 4) is 0 Å². The van der Waals surface area contributed by atoms with Gasteiger partial charge < -0.3 is 20.3 Å². The lowest BCUT2D eigenvalue weighted by atomic mass is 10.1. The molecule has 24 heavy (non-hydrogen) atoms. The van der Waals surface area contributed by atoms with Gasteiger partial charge in [0.2, 0.25) is 0 Å². The molecule has 1 aromatic rings. The summed E-state index contributed by atoms with van der Waals surface area (Å²) in [5, 5.41) is 5.97. The molecule has 0 saturated carbocycles. The number of amides is 1. The lowest BCUT2D eigenvalue weighted by Gasteiger charge is -2.14. The number of benzene rings is 1. The topological polar surface area (TPSA) is 53.6 Å². The highest BCUT2D eigenvalue weighted by Crippen LogP contribution is 2.17. The Hall–Kier alpha value is -2.01. The Morgan fingerprint density at radius 2 is 1.92 bits per heavy atom. The number of nitrogens with zero attached hydrogens (tertiary/aromatic N) is 1. The molecule has 2 N–H and O–H groups in total. The molecule has 5 nitrogen and oxygen atoms in total. The van der Waals surface area contributed by atoms with E-state index in [1.54, 1.807) is 6.92 Å². The van der Waals surface area contributed by atoms with E-state index in [0.29, 0.717) is 24.5 Å². The number of allylic oxidation sites excluding steroid dienone is 1. The number of hydrogen-bond donors (Lipinski definition) is 2. The fraction of sp³-hybridized carbons (Fsp3) is 0.526. The molecule has 0 bridgehead atoms. The first-order chi connectivity index (χ1) is 11.3. The molecular formula is C19H33N3O2. The van der Waals surface area contributed by atoms with Crippen molar-refractivity contribution in [3.63, 3.8) is 0 Å². The predicted molar refractivity (Wildman–Crippen MR) is 102 cm³/mol. The normalized spacial score (nSPS) is 9.79. The van der Waals surface area contributed by atoms with Crippen molar-refractivity contribution in [1.82, 2.24) is 10.2 Å². The first-order valence-corrected chi connectivity index (χ1v) is 8.37. The van der Waals surface area contributed by atoms with Crippen LogP contribution in [-0.4, -0.2) is 45.0 Å². The summed E-state index contributed by atoms with van der Waals surface area (Å²) in [7, 11) is 5.77. The SMILES string of the molecule is C=C(C)OCc1ccc(NC)cc1C(=O)NCCN(C)C.CCC. The van der Waals surface area contributed by atoms with Gasteiger partial charge in [-0.3, -0.25) is 4.79 Å². The van der Waals surface area contributed by atoms with E-state index >= 15 is 0 Å². The van der Waals surface area contributed by atoms with E-state index in [1.165, 1.54) is 6.42 Å². The summed E-state index contributed by atoms with van der Waals surface area (Å²) in [5.74, 6) is 0.543. The molecule has 5 heteroatoms. The average Bonchev–Trinajstić information content (AvgIpc) is 2.53. The van der Waals surface area contributed by atoms with Gasteiger partial charge in [-0.1, -0.05) is 32.9 Å². The zero-order valence-electron chi connectivity index (χ0n) is 16.0. The van der Waals surface area contributed by atoms with Crippen LogP contribution in [0.3, 0.4) is 0 Å². The largest absolute Gasteiger partial charge is 0.494 e. The molecule has 0 spiro atoms. The molecule has 1 aromatic carbocycles. The Morgan fingerprint density at radius 1 is 1.29 bits per heavy atom. The second-order valence-corrected chi connectivity index (χ2v) is 5.88. The molecule has 136 valence electrons. The molecule has 0 fully saturated rings. The molecule has 1 amide bonds. The Bertz CT molecular complexity index is 513. The van der Waals surface area contributed by atoms with Crippen LogP contribution in [0.15, 0.2) is 30.5 Å². The summed E-state index contributed by atoms with van der Waals surface area (Å²) in [6.45, 7) is 11.5. The highest BCUT2D eigenvalue weighted by atomic mass is 16.5. The number of carbonyl (C=O) groups excluding carboxylic acids is 1. The van der Waals surface area contributed by atoms with Crippen molar-refractivity contribution in [2.75, 3.05) is 39.5 Å². The number of likely N-dealkylation sites (N-methyl/N-ethyl adjacent to an activating group) is 1. The van der Waals surface area contributed by atoms with Gasteiger partial charge in [-0.2, -0.15) is 0 Å². The number of ether oxygens (including phenoxy) is 1. The standard InChI is InChI=1S/C16H25N3O2.C3H8/c1-12(2)21-11-13-6-7-14(17-3)10-15(13)16(20)18-8-9-19(4)5;1-3-2/h6-7,10,17H,1,8-9,11H2,2-5H3,(H,18,20);3H2,1-2H3. The van der Waals surface area contributed by atoms with Crippen LogP contribution in [0, 0.1) is 0 Å².